The Morgan fingerprint density at radius 2 is 1.52 bits per heavy atom. The van der Waals surface area contributed by atoms with Crippen LogP contribution in [-0.4, -0.2) is 53.6 Å². The van der Waals surface area contributed by atoms with Crippen molar-refractivity contribution in [1.82, 2.24) is 9.80 Å². The van der Waals surface area contributed by atoms with E-state index in [-0.39, 0.29) is 23.5 Å². The predicted octanol–water partition coefficient (Wildman–Crippen LogP) is 2.34. The smallest absolute Gasteiger partial charge is 0.227 e. The molecular weight excluding hydrogens is 390 g/mol. The first kappa shape index (κ1) is 21.2. The van der Waals surface area contributed by atoms with E-state index in [1.807, 2.05) is 48.5 Å². The molecule has 0 aromatic heterocycles. The molecule has 2 aliphatic heterocycles. The van der Waals surface area contributed by atoms with Crippen LogP contribution in [0.4, 0.5) is 0 Å². The van der Waals surface area contributed by atoms with Gasteiger partial charge in [-0.3, -0.25) is 19.3 Å². The van der Waals surface area contributed by atoms with Gasteiger partial charge in [0.05, 0.1) is 11.8 Å². The van der Waals surface area contributed by atoms with E-state index in [1.54, 1.807) is 4.90 Å². The van der Waals surface area contributed by atoms with E-state index in [2.05, 4.69) is 17.0 Å². The second kappa shape index (κ2) is 9.43. The van der Waals surface area contributed by atoms with Gasteiger partial charge in [-0.2, -0.15) is 0 Å². The van der Waals surface area contributed by atoms with Crippen molar-refractivity contribution in [2.75, 3.05) is 26.2 Å². The van der Waals surface area contributed by atoms with Crippen LogP contribution in [0.15, 0.2) is 60.7 Å². The first-order valence-electron chi connectivity index (χ1n) is 11.0. The van der Waals surface area contributed by atoms with Crippen LogP contribution < -0.4 is 5.73 Å². The van der Waals surface area contributed by atoms with E-state index in [0.29, 0.717) is 38.3 Å². The molecule has 2 aromatic rings. The Balaban J connectivity index is 1.55. The Bertz CT molecular complexity index is 932. The Morgan fingerprint density at radius 3 is 2.19 bits per heavy atom. The maximum absolute atomic E-state index is 13.5. The number of rotatable bonds is 6. The van der Waals surface area contributed by atoms with E-state index >= 15 is 0 Å². The van der Waals surface area contributed by atoms with Crippen LogP contribution in [0.5, 0.6) is 0 Å². The van der Waals surface area contributed by atoms with E-state index in [4.69, 9.17) is 5.73 Å². The highest BCUT2D eigenvalue weighted by Gasteiger charge is 2.44. The van der Waals surface area contributed by atoms with Gasteiger partial charge in [0, 0.05) is 44.2 Å². The van der Waals surface area contributed by atoms with Crippen LogP contribution in [0.1, 0.15) is 28.8 Å². The molecule has 2 N–H and O–H groups in total. The summed E-state index contributed by atoms with van der Waals surface area (Å²) in [6.45, 7) is 2.76. The number of hydrogen-bond donors (Lipinski definition) is 1. The van der Waals surface area contributed by atoms with Gasteiger partial charge in [-0.05, 0) is 18.4 Å². The zero-order valence-electron chi connectivity index (χ0n) is 17.7. The van der Waals surface area contributed by atoms with E-state index in [0.717, 1.165) is 18.4 Å². The number of carbonyl (C=O) groups excluding carboxylic acids is 3. The Kier molecular flexibility index (Phi) is 6.47. The lowest BCUT2D eigenvalue weighted by Crippen LogP contribution is -2.48. The summed E-state index contributed by atoms with van der Waals surface area (Å²) in [5.41, 5.74) is 7.30. The molecule has 3 atom stereocenters. The highest BCUT2D eigenvalue weighted by atomic mass is 16.2. The zero-order valence-corrected chi connectivity index (χ0v) is 17.7. The van der Waals surface area contributed by atoms with Gasteiger partial charge in [-0.25, -0.2) is 0 Å². The molecule has 0 aliphatic carbocycles. The third-order valence-corrected chi connectivity index (χ3v) is 6.49. The monoisotopic (exact) mass is 419 g/mol. The van der Waals surface area contributed by atoms with E-state index in [1.165, 1.54) is 0 Å². The minimum absolute atomic E-state index is 0.0120. The number of hydrogen-bond acceptors (Lipinski definition) is 4. The van der Waals surface area contributed by atoms with Crippen LogP contribution in [0.3, 0.4) is 0 Å². The van der Waals surface area contributed by atoms with Gasteiger partial charge in [0.25, 0.3) is 0 Å². The molecule has 162 valence electrons. The molecule has 6 heteroatoms. The van der Waals surface area contributed by atoms with Gasteiger partial charge in [0.15, 0.2) is 5.78 Å². The van der Waals surface area contributed by atoms with Gasteiger partial charge in [-0.1, -0.05) is 60.7 Å². The number of primary amides is 1. The summed E-state index contributed by atoms with van der Waals surface area (Å²) in [5.74, 6) is -1.49. The molecule has 2 saturated heterocycles. The molecule has 2 heterocycles. The predicted molar refractivity (Wildman–Crippen MR) is 118 cm³/mol. The Hall–Kier alpha value is -2.99. The third kappa shape index (κ3) is 4.85. The number of benzene rings is 2. The van der Waals surface area contributed by atoms with Gasteiger partial charge >= 0.3 is 0 Å². The largest absolute Gasteiger partial charge is 0.369 e. The lowest BCUT2D eigenvalue weighted by molar-refractivity contribution is -0.139. The number of nitrogens with two attached hydrogens (primary N) is 1. The van der Waals surface area contributed by atoms with Crippen molar-refractivity contribution in [1.29, 1.82) is 0 Å². The first-order valence-corrected chi connectivity index (χ1v) is 11.0. The van der Waals surface area contributed by atoms with E-state index < -0.39 is 11.8 Å². The lowest BCUT2D eigenvalue weighted by Gasteiger charge is -2.34. The van der Waals surface area contributed by atoms with Crippen LogP contribution >= 0.6 is 0 Å². The number of Topliss-reactive ketones (excluding diaryl/α,β-unsaturated/α-hetero) is 1. The van der Waals surface area contributed by atoms with Crippen molar-refractivity contribution < 1.29 is 14.4 Å². The molecule has 6 nitrogen and oxygen atoms in total. The van der Waals surface area contributed by atoms with Crippen LogP contribution in [-0.2, 0) is 16.1 Å². The van der Waals surface area contributed by atoms with E-state index in [9.17, 15) is 14.4 Å². The number of carbonyl (C=O) groups is 3. The summed E-state index contributed by atoms with van der Waals surface area (Å²) >= 11 is 0. The summed E-state index contributed by atoms with van der Waals surface area (Å²) in [4.78, 5) is 42.5. The SMILES string of the molecule is NC(=O)[C@H]1CCCN(C(=O)[C@H]2CN(Cc3ccccc3)C[C@@H]2C(=O)c2ccccc2)C1. The van der Waals surface area contributed by atoms with Gasteiger partial charge < -0.3 is 10.6 Å². The lowest BCUT2D eigenvalue weighted by atomic mass is 9.86. The van der Waals surface area contributed by atoms with Crippen molar-refractivity contribution in [2.24, 2.45) is 23.5 Å². The number of likely N-dealkylation sites (tertiary alicyclic amines) is 2. The van der Waals surface area contributed by atoms with Crippen molar-refractivity contribution in [3.05, 3.63) is 71.8 Å². The summed E-state index contributed by atoms with van der Waals surface area (Å²) in [6, 6.07) is 19.3. The fourth-order valence-corrected chi connectivity index (χ4v) is 4.83. The molecule has 2 aliphatic rings. The van der Waals surface area contributed by atoms with Crippen LogP contribution in [0.25, 0.3) is 0 Å². The molecular formula is C25H29N3O3. The molecule has 31 heavy (non-hydrogen) atoms. The molecule has 0 unspecified atom stereocenters. The minimum atomic E-state index is -0.414. The maximum atomic E-state index is 13.5. The Labute approximate surface area is 183 Å². The Morgan fingerprint density at radius 1 is 0.871 bits per heavy atom. The van der Waals surface area contributed by atoms with Crippen LogP contribution in [0.2, 0.25) is 0 Å². The van der Waals surface area contributed by atoms with Crippen molar-refractivity contribution in [3.8, 4) is 0 Å². The number of piperidine rings is 1. The van der Waals surface area contributed by atoms with Gasteiger partial charge in [0.1, 0.15) is 0 Å². The average Bonchev–Trinajstić information content (AvgIpc) is 3.23. The fraction of sp³-hybridized carbons (Fsp3) is 0.400. The third-order valence-electron chi connectivity index (χ3n) is 6.49. The van der Waals surface area contributed by atoms with Gasteiger partial charge in [0.2, 0.25) is 11.8 Å². The van der Waals surface area contributed by atoms with Crippen LogP contribution in [0, 0.1) is 17.8 Å². The highest BCUT2D eigenvalue weighted by molar-refractivity contribution is 6.01. The summed E-state index contributed by atoms with van der Waals surface area (Å²) < 4.78 is 0. The average molecular weight is 420 g/mol. The molecule has 2 aromatic carbocycles. The summed E-state index contributed by atoms with van der Waals surface area (Å²) in [7, 11) is 0. The molecule has 0 spiro atoms. The molecule has 0 bridgehead atoms. The fourth-order valence-electron chi connectivity index (χ4n) is 4.83. The topological polar surface area (TPSA) is 83.7 Å². The minimum Gasteiger partial charge on any atom is -0.369 e. The normalized spacial score (nSPS) is 24.1. The first-order chi connectivity index (χ1) is 15.0. The van der Waals surface area contributed by atoms with Crippen molar-refractivity contribution in [3.63, 3.8) is 0 Å². The zero-order chi connectivity index (χ0) is 21.8. The number of nitrogens with zero attached hydrogens (tertiary/aromatic N) is 2. The maximum Gasteiger partial charge on any atom is 0.227 e. The van der Waals surface area contributed by atoms with Crippen molar-refractivity contribution in [2.45, 2.75) is 19.4 Å². The summed E-state index contributed by atoms with van der Waals surface area (Å²) in [6.07, 6.45) is 1.48. The standard InChI is InChI=1S/C25H29N3O3/c26-24(30)20-12-7-13-28(15-20)25(31)22-17-27(14-18-8-3-1-4-9-18)16-21(22)23(29)19-10-5-2-6-11-19/h1-6,8-11,20-22H,7,12-17H2,(H2,26,30)/t20-,21-,22-/m0/s1. The number of ketones is 1. The van der Waals surface area contributed by atoms with Gasteiger partial charge in [-0.15, -0.1) is 0 Å². The molecule has 0 radical (unpaired) electrons. The summed E-state index contributed by atoms with van der Waals surface area (Å²) in [5, 5.41) is 0. The second-order valence-electron chi connectivity index (χ2n) is 8.65. The quantitative estimate of drug-likeness (QED) is 0.729. The molecule has 2 fully saturated rings. The molecule has 2 amide bonds. The second-order valence-corrected chi connectivity index (χ2v) is 8.65. The van der Waals surface area contributed by atoms with Crippen molar-refractivity contribution >= 4 is 17.6 Å². The highest BCUT2D eigenvalue weighted by Crippen LogP contribution is 2.31. The molecule has 0 saturated carbocycles. The number of amides is 2. The molecule has 4 rings (SSSR count).